The lowest BCUT2D eigenvalue weighted by Gasteiger charge is -2.11. The van der Waals surface area contributed by atoms with Crippen molar-refractivity contribution in [1.29, 1.82) is 0 Å². The van der Waals surface area contributed by atoms with Crippen LogP contribution in [0.15, 0.2) is 22.8 Å². The van der Waals surface area contributed by atoms with Crippen molar-refractivity contribution < 1.29 is 23.8 Å². The van der Waals surface area contributed by atoms with Gasteiger partial charge in [-0.3, -0.25) is 0 Å². The number of hydrogen-bond donors (Lipinski definition) is 0. The Morgan fingerprint density at radius 2 is 2.00 bits per heavy atom. The van der Waals surface area contributed by atoms with E-state index in [2.05, 4.69) is 50.2 Å². The molecule has 0 radical (unpaired) electrons. The summed E-state index contributed by atoms with van der Waals surface area (Å²) in [6, 6.07) is 3.68. The Bertz CT molecular complexity index is 689. The number of carbonyl (C=O) groups excluding carboxylic acids is 2. The fraction of sp³-hybridized carbons (Fsp3) is 0.267. The fourth-order valence-electron chi connectivity index (χ4n) is 1.81. The molecule has 23 heavy (non-hydrogen) atoms. The van der Waals surface area contributed by atoms with Crippen molar-refractivity contribution in [1.82, 2.24) is 0 Å². The van der Waals surface area contributed by atoms with Crippen molar-refractivity contribution >= 4 is 69.1 Å². The van der Waals surface area contributed by atoms with Gasteiger partial charge in [-0.15, -0.1) is 0 Å². The Hall–Kier alpha value is -1.17. The number of benzene rings is 1. The first-order valence-electron chi connectivity index (χ1n) is 6.67. The minimum Gasteiger partial charge on any atom is -0.480 e. The first kappa shape index (κ1) is 18.2. The summed E-state index contributed by atoms with van der Waals surface area (Å²) in [6.45, 7) is 3.54. The van der Waals surface area contributed by atoms with Gasteiger partial charge in [-0.05, 0) is 75.9 Å². The third-order valence-corrected chi connectivity index (χ3v) is 4.29. The molecule has 2 rings (SSSR count). The quantitative estimate of drug-likeness (QED) is 0.326. The Morgan fingerprint density at radius 3 is 2.52 bits per heavy atom. The van der Waals surface area contributed by atoms with Gasteiger partial charge in [0.15, 0.2) is 18.2 Å². The van der Waals surface area contributed by atoms with Crippen molar-refractivity contribution in [2.75, 3.05) is 13.2 Å². The van der Waals surface area contributed by atoms with E-state index in [1.165, 1.54) is 0 Å². The molecule has 0 spiro atoms. The highest BCUT2D eigenvalue weighted by Crippen LogP contribution is 2.30. The molecule has 6 nitrogen and oxygen atoms in total. The number of halogens is 2. The number of nitrogens with zero attached hydrogens (tertiary/aromatic N) is 1. The maximum atomic E-state index is 11.6. The summed E-state index contributed by atoms with van der Waals surface area (Å²) < 4.78 is 16.9. The summed E-state index contributed by atoms with van der Waals surface area (Å²) in [4.78, 5) is 27.0. The van der Waals surface area contributed by atoms with Gasteiger partial charge in [0.1, 0.15) is 5.75 Å². The van der Waals surface area contributed by atoms with Crippen molar-refractivity contribution in [2.24, 2.45) is 4.99 Å². The minimum absolute atomic E-state index is 0.143. The van der Waals surface area contributed by atoms with Crippen LogP contribution in [0.3, 0.4) is 0 Å². The zero-order valence-corrected chi connectivity index (χ0v) is 16.7. The molecule has 1 aromatic rings. The molecule has 0 saturated carbocycles. The van der Waals surface area contributed by atoms with Gasteiger partial charge in [0, 0.05) is 6.92 Å². The highest BCUT2D eigenvalue weighted by molar-refractivity contribution is 14.1. The zero-order chi connectivity index (χ0) is 17.0. The van der Waals surface area contributed by atoms with E-state index < -0.39 is 11.9 Å². The van der Waals surface area contributed by atoms with E-state index >= 15 is 0 Å². The topological polar surface area (TPSA) is 74.2 Å². The molecule has 0 N–H and O–H groups in total. The van der Waals surface area contributed by atoms with Crippen LogP contribution >= 0.6 is 45.2 Å². The summed E-state index contributed by atoms with van der Waals surface area (Å²) in [7, 11) is 0. The molecule has 122 valence electrons. The van der Waals surface area contributed by atoms with Crippen LogP contribution in [0.1, 0.15) is 19.4 Å². The minimum atomic E-state index is -0.463. The molecule has 0 fully saturated rings. The molecule has 0 amide bonds. The smallest absolute Gasteiger partial charge is 0.363 e. The van der Waals surface area contributed by atoms with Crippen LogP contribution < -0.4 is 4.74 Å². The summed E-state index contributed by atoms with van der Waals surface area (Å²) in [5.41, 5.74) is 1.06. The van der Waals surface area contributed by atoms with E-state index in [1.807, 2.05) is 12.1 Å². The van der Waals surface area contributed by atoms with Crippen molar-refractivity contribution in [3.8, 4) is 5.75 Å². The predicted molar refractivity (Wildman–Crippen MR) is 101 cm³/mol. The Labute approximate surface area is 160 Å². The van der Waals surface area contributed by atoms with Crippen LogP contribution in [-0.4, -0.2) is 31.1 Å². The molecule has 0 aliphatic carbocycles. The van der Waals surface area contributed by atoms with E-state index in [-0.39, 0.29) is 12.3 Å². The summed E-state index contributed by atoms with van der Waals surface area (Å²) in [5.74, 6) is 0.0640. The van der Waals surface area contributed by atoms with Gasteiger partial charge in [-0.1, -0.05) is 0 Å². The number of carbonyl (C=O) groups is 2. The van der Waals surface area contributed by atoms with Crippen molar-refractivity contribution in [3.63, 3.8) is 0 Å². The molecule has 1 aliphatic rings. The summed E-state index contributed by atoms with van der Waals surface area (Å²) >= 11 is 4.22. The Morgan fingerprint density at radius 1 is 1.35 bits per heavy atom. The second-order valence-corrected chi connectivity index (χ2v) is 6.78. The lowest BCUT2D eigenvalue weighted by molar-refractivity contribution is -0.145. The maximum absolute atomic E-state index is 11.6. The molecule has 0 unspecified atom stereocenters. The summed E-state index contributed by atoms with van der Waals surface area (Å²) in [6.07, 6.45) is 1.65. The van der Waals surface area contributed by atoms with Gasteiger partial charge in [-0.2, -0.15) is 0 Å². The first-order valence-corrected chi connectivity index (χ1v) is 8.83. The van der Waals surface area contributed by atoms with Gasteiger partial charge >= 0.3 is 11.9 Å². The fourth-order valence-corrected chi connectivity index (χ4v) is 3.94. The van der Waals surface area contributed by atoms with Crippen LogP contribution in [0.25, 0.3) is 6.08 Å². The zero-order valence-electron chi connectivity index (χ0n) is 12.4. The molecule has 1 aromatic carbocycles. The highest BCUT2D eigenvalue weighted by atomic mass is 127. The Kier molecular flexibility index (Phi) is 6.39. The van der Waals surface area contributed by atoms with Crippen LogP contribution in [0.4, 0.5) is 0 Å². The second-order valence-electron chi connectivity index (χ2n) is 4.46. The van der Waals surface area contributed by atoms with E-state index in [4.69, 9.17) is 14.2 Å². The second kappa shape index (κ2) is 8.08. The lowest BCUT2D eigenvalue weighted by Crippen LogP contribution is -2.15. The lowest BCUT2D eigenvalue weighted by atomic mass is 10.2. The van der Waals surface area contributed by atoms with E-state index in [1.54, 1.807) is 19.9 Å². The number of aliphatic imine (C=N–C) groups is 1. The molecule has 1 aliphatic heterocycles. The molecule has 0 saturated heterocycles. The van der Waals surface area contributed by atoms with E-state index in [0.29, 0.717) is 18.3 Å². The van der Waals surface area contributed by atoms with E-state index in [0.717, 1.165) is 12.7 Å². The number of cyclic esters (lactones) is 1. The molecule has 0 atom stereocenters. The molecular weight excluding hydrogens is 528 g/mol. The molecule has 0 aromatic heterocycles. The number of hydrogen-bond acceptors (Lipinski definition) is 6. The van der Waals surface area contributed by atoms with Gasteiger partial charge in [-0.25, -0.2) is 14.6 Å². The Balaban J connectivity index is 2.19. The van der Waals surface area contributed by atoms with E-state index in [9.17, 15) is 9.59 Å². The van der Waals surface area contributed by atoms with Crippen LogP contribution in [-0.2, 0) is 19.1 Å². The first-order chi connectivity index (χ1) is 10.9. The van der Waals surface area contributed by atoms with Gasteiger partial charge < -0.3 is 14.2 Å². The third-order valence-electron chi connectivity index (χ3n) is 2.69. The average molecular weight is 541 g/mol. The van der Waals surface area contributed by atoms with Crippen molar-refractivity contribution in [3.05, 3.63) is 30.5 Å². The molecule has 1 heterocycles. The maximum Gasteiger partial charge on any atom is 0.363 e. The molecule has 8 heteroatoms. The highest BCUT2D eigenvalue weighted by Gasteiger charge is 2.20. The number of ether oxygens (including phenoxy) is 3. The third kappa shape index (κ3) is 4.90. The van der Waals surface area contributed by atoms with Crippen LogP contribution in [0.2, 0.25) is 0 Å². The van der Waals surface area contributed by atoms with Gasteiger partial charge in [0.25, 0.3) is 0 Å². The molecule has 0 bridgehead atoms. The van der Waals surface area contributed by atoms with Crippen molar-refractivity contribution in [2.45, 2.75) is 13.8 Å². The SMILES string of the molecule is CCOC(=O)COc1c(I)cc(C=C2N=C(C)OC2=O)cc1I. The van der Waals surface area contributed by atoms with Crippen LogP contribution in [0.5, 0.6) is 5.75 Å². The largest absolute Gasteiger partial charge is 0.480 e. The van der Waals surface area contributed by atoms with Gasteiger partial charge in [0.2, 0.25) is 0 Å². The monoisotopic (exact) mass is 541 g/mol. The molecular formula is C15H13I2NO5. The van der Waals surface area contributed by atoms with Crippen LogP contribution in [0, 0.1) is 7.14 Å². The number of rotatable bonds is 5. The summed E-state index contributed by atoms with van der Waals surface area (Å²) in [5, 5.41) is 0. The average Bonchev–Trinajstić information content (AvgIpc) is 2.76. The predicted octanol–water partition coefficient (Wildman–Crippen LogP) is 3.15. The normalized spacial score (nSPS) is 15.4. The standard InChI is InChI=1S/C15H13I2NO5/c1-3-21-13(19)7-22-14-10(16)4-9(5-11(14)17)6-12-15(20)23-8(2)18-12/h4-6H,3,7H2,1-2H3. The van der Waals surface area contributed by atoms with Gasteiger partial charge in [0.05, 0.1) is 13.7 Å². The number of esters is 2.